The van der Waals surface area contributed by atoms with Crippen molar-refractivity contribution >= 4 is 11.6 Å². The van der Waals surface area contributed by atoms with Gasteiger partial charge >= 0.3 is 0 Å². The Kier molecular flexibility index (Phi) is 3.87. The fourth-order valence-electron chi connectivity index (χ4n) is 2.17. The summed E-state index contributed by atoms with van der Waals surface area (Å²) in [5.41, 5.74) is 0.442. The molecule has 0 spiro atoms. The molecule has 2 aromatic carbocycles. The number of benzene rings is 2. The molecule has 22 heavy (non-hydrogen) atoms. The maximum Gasteiger partial charge on any atom is 0.258 e. The molecule has 1 aliphatic rings. The Labute approximate surface area is 126 Å². The van der Waals surface area contributed by atoms with Gasteiger partial charge < -0.3 is 4.74 Å². The lowest BCUT2D eigenvalue weighted by atomic mass is 10.1. The van der Waals surface area contributed by atoms with Crippen molar-refractivity contribution in [3.8, 4) is 0 Å². The third-order valence-electron chi connectivity index (χ3n) is 3.36. The van der Waals surface area contributed by atoms with E-state index in [0.717, 1.165) is 12.1 Å². The predicted molar refractivity (Wildman–Crippen MR) is 78.5 cm³/mol. The van der Waals surface area contributed by atoms with Gasteiger partial charge in [-0.25, -0.2) is 8.78 Å². The van der Waals surface area contributed by atoms with Crippen molar-refractivity contribution < 1.29 is 18.3 Å². The van der Waals surface area contributed by atoms with E-state index in [0.29, 0.717) is 17.9 Å². The quantitative estimate of drug-likeness (QED) is 0.864. The number of anilines is 1. The number of hydrogen-bond donors (Lipinski definition) is 0. The topological polar surface area (TPSA) is 29.5 Å². The van der Waals surface area contributed by atoms with Crippen LogP contribution < -0.4 is 4.90 Å². The van der Waals surface area contributed by atoms with E-state index >= 15 is 0 Å². The molecule has 1 aliphatic heterocycles. The van der Waals surface area contributed by atoms with Crippen molar-refractivity contribution in [2.45, 2.75) is 0 Å². The molecule has 5 heteroatoms. The number of rotatable bonds is 4. The van der Waals surface area contributed by atoms with Crippen molar-refractivity contribution in [2.75, 3.05) is 18.1 Å². The zero-order valence-corrected chi connectivity index (χ0v) is 11.6. The average molecular weight is 301 g/mol. The Morgan fingerprint density at radius 3 is 2.45 bits per heavy atom. The number of carbonyl (C=O) groups is 1. The number of amides is 1. The van der Waals surface area contributed by atoms with Crippen LogP contribution in [0.25, 0.3) is 0 Å². The van der Waals surface area contributed by atoms with E-state index in [4.69, 9.17) is 4.74 Å². The van der Waals surface area contributed by atoms with Crippen LogP contribution in [0.5, 0.6) is 0 Å². The van der Waals surface area contributed by atoms with E-state index in [-0.39, 0.29) is 18.1 Å². The highest BCUT2D eigenvalue weighted by Crippen LogP contribution is 2.24. The van der Waals surface area contributed by atoms with Crippen LogP contribution in [0.4, 0.5) is 14.5 Å². The molecule has 3 nitrogen and oxygen atoms in total. The third-order valence-corrected chi connectivity index (χ3v) is 3.36. The summed E-state index contributed by atoms with van der Waals surface area (Å²) in [6.45, 7) is 0.588. The van der Waals surface area contributed by atoms with Crippen LogP contribution in [0.15, 0.2) is 60.4 Å². The summed E-state index contributed by atoms with van der Waals surface area (Å²) < 4.78 is 32.4. The maximum atomic E-state index is 14.1. The van der Waals surface area contributed by atoms with Crippen LogP contribution >= 0.6 is 0 Å². The fraction of sp³-hybridized carbons (Fsp3) is 0.118. The Bertz CT molecular complexity index is 729. The monoisotopic (exact) mass is 301 g/mol. The van der Waals surface area contributed by atoms with Gasteiger partial charge in [0, 0.05) is 11.6 Å². The summed E-state index contributed by atoms with van der Waals surface area (Å²) in [5.74, 6) is -1.26. The van der Waals surface area contributed by atoms with E-state index in [1.54, 1.807) is 30.3 Å². The van der Waals surface area contributed by atoms with Crippen LogP contribution in [0.2, 0.25) is 0 Å². The molecule has 0 aromatic heterocycles. The van der Waals surface area contributed by atoms with Crippen molar-refractivity contribution in [3.05, 3.63) is 77.6 Å². The molecular formula is C17H13F2NO2. The van der Waals surface area contributed by atoms with Crippen molar-refractivity contribution in [2.24, 2.45) is 0 Å². The first-order chi connectivity index (χ1) is 10.6. The second-order valence-electron chi connectivity index (χ2n) is 4.83. The van der Waals surface area contributed by atoms with Gasteiger partial charge in [-0.1, -0.05) is 18.2 Å². The molecule has 0 bridgehead atoms. The van der Waals surface area contributed by atoms with Gasteiger partial charge in [-0.15, -0.1) is 0 Å². The minimum absolute atomic E-state index is 0.0200. The summed E-state index contributed by atoms with van der Waals surface area (Å²) in [7, 11) is 0. The molecule has 112 valence electrons. The maximum absolute atomic E-state index is 14.1. The van der Waals surface area contributed by atoms with E-state index < -0.39 is 11.6 Å². The van der Waals surface area contributed by atoms with Crippen molar-refractivity contribution in [3.63, 3.8) is 0 Å². The molecule has 1 amide bonds. The van der Waals surface area contributed by atoms with Crippen molar-refractivity contribution in [1.29, 1.82) is 0 Å². The molecular weight excluding hydrogens is 288 g/mol. The lowest BCUT2D eigenvalue weighted by molar-refractivity contribution is 0.0978. The lowest BCUT2D eigenvalue weighted by Crippen LogP contribution is -2.35. The van der Waals surface area contributed by atoms with Gasteiger partial charge in [-0.2, -0.15) is 0 Å². The SMILES string of the molecule is O=C(c1ccccc1)N(CC1=CCO1)c1ccc(F)cc1F. The standard InChI is InChI=1S/C17H13F2NO2/c18-13-6-7-16(15(19)10-13)20(11-14-8-9-22-14)17(21)12-4-2-1-3-5-12/h1-8,10H,9,11H2. The highest BCUT2D eigenvalue weighted by atomic mass is 19.1. The van der Waals surface area contributed by atoms with Gasteiger partial charge in [0.25, 0.3) is 5.91 Å². The van der Waals surface area contributed by atoms with E-state index in [1.807, 2.05) is 6.08 Å². The molecule has 2 aromatic rings. The summed E-state index contributed by atoms with van der Waals surface area (Å²) in [5, 5.41) is 0. The molecule has 0 fully saturated rings. The second kappa shape index (κ2) is 5.97. The van der Waals surface area contributed by atoms with Gasteiger partial charge in [0.15, 0.2) is 0 Å². The Morgan fingerprint density at radius 1 is 1.14 bits per heavy atom. The Hall–Kier alpha value is -2.69. The molecule has 0 aliphatic carbocycles. The first kappa shape index (κ1) is 14.3. The molecule has 3 rings (SSSR count). The zero-order chi connectivity index (χ0) is 15.5. The van der Waals surface area contributed by atoms with Crippen LogP contribution in [0.3, 0.4) is 0 Å². The summed E-state index contributed by atoms with van der Waals surface area (Å²) >= 11 is 0. The van der Waals surface area contributed by atoms with Gasteiger partial charge in [0.1, 0.15) is 24.0 Å². The zero-order valence-electron chi connectivity index (χ0n) is 11.6. The first-order valence-electron chi connectivity index (χ1n) is 6.79. The Morgan fingerprint density at radius 2 is 1.86 bits per heavy atom. The molecule has 0 atom stereocenters. The van der Waals surface area contributed by atoms with Gasteiger partial charge in [0.2, 0.25) is 0 Å². The average Bonchev–Trinajstić information content (AvgIpc) is 2.48. The molecule has 0 unspecified atom stereocenters. The van der Waals surface area contributed by atoms with Crippen LogP contribution in [0, 0.1) is 11.6 Å². The third kappa shape index (κ3) is 2.83. The van der Waals surface area contributed by atoms with E-state index in [1.165, 1.54) is 11.0 Å². The fourth-order valence-corrected chi connectivity index (χ4v) is 2.17. The summed E-state index contributed by atoms with van der Waals surface area (Å²) in [6, 6.07) is 11.7. The van der Waals surface area contributed by atoms with Crippen LogP contribution in [-0.4, -0.2) is 19.1 Å². The largest absolute Gasteiger partial charge is 0.492 e. The van der Waals surface area contributed by atoms with Crippen LogP contribution in [0.1, 0.15) is 10.4 Å². The summed E-state index contributed by atoms with van der Waals surface area (Å²) in [4.78, 5) is 13.9. The normalized spacial score (nSPS) is 12.9. The minimum Gasteiger partial charge on any atom is -0.492 e. The number of hydrogen-bond acceptors (Lipinski definition) is 2. The van der Waals surface area contributed by atoms with Crippen molar-refractivity contribution in [1.82, 2.24) is 0 Å². The number of carbonyl (C=O) groups excluding carboxylic acids is 1. The van der Waals surface area contributed by atoms with Crippen LogP contribution in [-0.2, 0) is 4.74 Å². The summed E-state index contributed by atoms with van der Waals surface area (Å²) in [6.07, 6.45) is 1.81. The second-order valence-corrected chi connectivity index (χ2v) is 4.83. The highest BCUT2D eigenvalue weighted by Gasteiger charge is 2.24. The Balaban J connectivity index is 1.97. The molecule has 1 heterocycles. The van der Waals surface area contributed by atoms with Gasteiger partial charge in [-0.05, 0) is 30.3 Å². The number of ether oxygens (including phenoxy) is 1. The predicted octanol–water partition coefficient (Wildman–Crippen LogP) is 3.53. The van der Waals surface area contributed by atoms with Gasteiger partial charge in [-0.3, -0.25) is 9.69 Å². The first-order valence-corrected chi connectivity index (χ1v) is 6.79. The molecule has 0 N–H and O–H groups in total. The van der Waals surface area contributed by atoms with E-state index in [9.17, 15) is 13.6 Å². The van der Waals surface area contributed by atoms with E-state index in [2.05, 4.69) is 0 Å². The highest BCUT2D eigenvalue weighted by molar-refractivity contribution is 6.06. The minimum atomic E-state index is -0.788. The number of halogens is 2. The van der Waals surface area contributed by atoms with Gasteiger partial charge in [0.05, 0.1) is 12.2 Å². The number of nitrogens with zero attached hydrogens (tertiary/aromatic N) is 1. The smallest absolute Gasteiger partial charge is 0.258 e. The molecule has 0 radical (unpaired) electrons. The molecule has 0 saturated carbocycles. The molecule has 0 saturated heterocycles. The lowest BCUT2D eigenvalue weighted by Gasteiger charge is -2.27.